The van der Waals surface area contributed by atoms with E-state index in [-0.39, 0.29) is 48.7 Å². The summed E-state index contributed by atoms with van der Waals surface area (Å²) in [5, 5.41) is 3.09. The molecule has 26 heavy (non-hydrogen) atoms. The van der Waals surface area contributed by atoms with Crippen LogP contribution in [-0.4, -0.2) is 43.6 Å². The van der Waals surface area contributed by atoms with Gasteiger partial charge in [0.25, 0.3) is 0 Å². The first-order valence-electron chi connectivity index (χ1n) is 8.95. The molecular formula is C19H33Cl2N3O2. The molecule has 1 aromatic rings. The zero-order chi connectivity index (χ0) is 17.5. The van der Waals surface area contributed by atoms with Crippen LogP contribution in [0.25, 0.3) is 0 Å². The van der Waals surface area contributed by atoms with Crippen LogP contribution in [0.3, 0.4) is 0 Å². The summed E-state index contributed by atoms with van der Waals surface area (Å²) >= 11 is 0. The predicted octanol–water partition coefficient (Wildman–Crippen LogP) is 3.17. The molecule has 5 nitrogen and oxygen atoms in total. The maximum Gasteiger partial charge on any atom is 0.224 e. The van der Waals surface area contributed by atoms with Crippen molar-refractivity contribution in [2.45, 2.75) is 45.2 Å². The number of hydrogen-bond donors (Lipinski definition) is 2. The Kier molecular flexibility index (Phi) is 11.9. The molecule has 0 aliphatic carbocycles. The smallest absolute Gasteiger partial charge is 0.224 e. The molecule has 1 aliphatic rings. The van der Waals surface area contributed by atoms with Crippen LogP contribution in [0.5, 0.6) is 5.75 Å². The van der Waals surface area contributed by atoms with Gasteiger partial charge in [-0.05, 0) is 38.9 Å². The van der Waals surface area contributed by atoms with Crippen LogP contribution in [0, 0.1) is 5.92 Å². The van der Waals surface area contributed by atoms with Crippen molar-refractivity contribution in [2.24, 2.45) is 11.7 Å². The van der Waals surface area contributed by atoms with E-state index in [2.05, 4.69) is 16.3 Å². The van der Waals surface area contributed by atoms with Gasteiger partial charge in [-0.25, -0.2) is 0 Å². The SMILES string of the molecule is COc1ccccc1C(CNC(=O)C(C)C(C)N)N1CCCCC1.Cl.Cl. The van der Waals surface area contributed by atoms with Crippen molar-refractivity contribution in [3.8, 4) is 5.75 Å². The molecule has 1 amide bonds. The minimum absolute atomic E-state index is 0. The van der Waals surface area contributed by atoms with Crippen molar-refractivity contribution < 1.29 is 9.53 Å². The number of piperidine rings is 1. The third kappa shape index (κ3) is 6.62. The molecule has 2 rings (SSSR count). The van der Waals surface area contributed by atoms with Crippen molar-refractivity contribution in [3.63, 3.8) is 0 Å². The number of ether oxygens (including phenoxy) is 1. The number of methoxy groups -OCH3 is 1. The lowest BCUT2D eigenvalue weighted by molar-refractivity contribution is -0.125. The fourth-order valence-corrected chi connectivity index (χ4v) is 3.20. The Morgan fingerprint density at radius 2 is 1.81 bits per heavy atom. The zero-order valence-electron chi connectivity index (χ0n) is 15.9. The van der Waals surface area contributed by atoms with Crippen LogP contribution in [0.2, 0.25) is 0 Å². The van der Waals surface area contributed by atoms with Crippen molar-refractivity contribution in [1.29, 1.82) is 0 Å². The Labute approximate surface area is 169 Å². The van der Waals surface area contributed by atoms with E-state index in [1.807, 2.05) is 32.0 Å². The monoisotopic (exact) mass is 405 g/mol. The Morgan fingerprint density at radius 1 is 1.19 bits per heavy atom. The van der Waals surface area contributed by atoms with Crippen LogP contribution in [0.4, 0.5) is 0 Å². The number of para-hydroxylation sites is 1. The zero-order valence-corrected chi connectivity index (χ0v) is 17.6. The molecule has 150 valence electrons. The fraction of sp³-hybridized carbons (Fsp3) is 0.632. The Bertz CT molecular complexity index is 537. The van der Waals surface area contributed by atoms with Gasteiger partial charge in [-0.2, -0.15) is 0 Å². The molecule has 1 aliphatic heterocycles. The normalized spacial score (nSPS) is 17.8. The average molecular weight is 406 g/mol. The number of amides is 1. The summed E-state index contributed by atoms with van der Waals surface area (Å²) in [7, 11) is 1.70. The number of benzene rings is 1. The van der Waals surface area contributed by atoms with Crippen molar-refractivity contribution in [1.82, 2.24) is 10.2 Å². The maximum absolute atomic E-state index is 12.3. The standard InChI is InChI=1S/C19H31N3O2.2ClH/c1-14(15(2)20)19(23)21-13-17(22-11-7-4-8-12-22)16-9-5-6-10-18(16)24-3;;/h5-6,9-10,14-15,17H,4,7-8,11-13,20H2,1-3H3,(H,21,23);2*1H. The lowest BCUT2D eigenvalue weighted by Gasteiger charge is -2.35. The number of rotatable bonds is 7. The van der Waals surface area contributed by atoms with Crippen LogP contribution in [0.15, 0.2) is 24.3 Å². The number of halogens is 2. The lowest BCUT2D eigenvalue weighted by Crippen LogP contribution is -2.44. The van der Waals surface area contributed by atoms with Crippen LogP contribution in [-0.2, 0) is 4.79 Å². The van der Waals surface area contributed by atoms with Gasteiger partial charge in [0, 0.05) is 24.1 Å². The first kappa shape index (κ1) is 25.0. The largest absolute Gasteiger partial charge is 0.496 e. The van der Waals surface area contributed by atoms with Crippen LogP contribution >= 0.6 is 24.8 Å². The Morgan fingerprint density at radius 3 is 2.38 bits per heavy atom. The summed E-state index contributed by atoms with van der Waals surface area (Å²) in [6, 6.07) is 8.07. The van der Waals surface area contributed by atoms with Gasteiger partial charge in [-0.15, -0.1) is 24.8 Å². The average Bonchev–Trinajstić information content (AvgIpc) is 2.62. The Hall–Kier alpha value is -1.01. The number of nitrogens with zero attached hydrogens (tertiary/aromatic N) is 1. The summed E-state index contributed by atoms with van der Waals surface area (Å²) in [5.74, 6) is 0.703. The van der Waals surface area contributed by atoms with E-state index in [4.69, 9.17) is 10.5 Å². The third-order valence-electron chi connectivity index (χ3n) is 5.00. The highest BCUT2D eigenvalue weighted by Gasteiger charge is 2.26. The number of carbonyl (C=O) groups is 1. The van der Waals surface area contributed by atoms with E-state index >= 15 is 0 Å². The Balaban J connectivity index is 0.00000312. The van der Waals surface area contributed by atoms with Gasteiger partial charge in [0.05, 0.1) is 13.2 Å². The fourth-order valence-electron chi connectivity index (χ4n) is 3.20. The molecule has 1 aromatic carbocycles. The number of nitrogens with one attached hydrogen (secondary N) is 1. The van der Waals surface area contributed by atoms with E-state index in [0.29, 0.717) is 6.54 Å². The molecular weight excluding hydrogens is 373 g/mol. The van der Waals surface area contributed by atoms with E-state index in [9.17, 15) is 4.79 Å². The first-order chi connectivity index (χ1) is 11.5. The number of nitrogens with two attached hydrogens (primary N) is 1. The molecule has 1 heterocycles. The summed E-state index contributed by atoms with van der Waals surface area (Å²) < 4.78 is 5.55. The number of likely N-dealkylation sites (tertiary alicyclic amines) is 1. The molecule has 0 saturated carbocycles. The van der Waals surface area contributed by atoms with Crippen molar-refractivity contribution in [2.75, 3.05) is 26.7 Å². The van der Waals surface area contributed by atoms with Crippen LogP contribution in [0.1, 0.15) is 44.7 Å². The van der Waals surface area contributed by atoms with E-state index in [0.717, 1.165) is 24.4 Å². The van der Waals surface area contributed by atoms with Crippen molar-refractivity contribution in [3.05, 3.63) is 29.8 Å². The second-order valence-electron chi connectivity index (χ2n) is 6.75. The molecule has 0 spiro atoms. The summed E-state index contributed by atoms with van der Waals surface area (Å²) in [5.41, 5.74) is 6.99. The van der Waals surface area contributed by atoms with E-state index in [1.165, 1.54) is 19.3 Å². The minimum atomic E-state index is -0.190. The summed E-state index contributed by atoms with van der Waals surface area (Å²) in [6.45, 7) is 6.44. The summed E-state index contributed by atoms with van der Waals surface area (Å²) in [4.78, 5) is 14.8. The molecule has 3 atom stereocenters. The molecule has 1 saturated heterocycles. The van der Waals surface area contributed by atoms with Gasteiger partial charge in [-0.3, -0.25) is 9.69 Å². The van der Waals surface area contributed by atoms with Gasteiger partial charge >= 0.3 is 0 Å². The minimum Gasteiger partial charge on any atom is -0.496 e. The number of hydrogen-bond acceptors (Lipinski definition) is 4. The first-order valence-corrected chi connectivity index (χ1v) is 8.95. The number of carbonyl (C=O) groups excluding carboxylic acids is 1. The lowest BCUT2D eigenvalue weighted by atomic mass is 9.99. The van der Waals surface area contributed by atoms with Crippen LogP contribution < -0.4 is 15.8 Å². The quantitative estimate of drug-likeness (QED) is 0.730. The van der Waals surface area contributed by atoms with Gasteiger partial charge in [-0.1, -0.05) is 31.5 Å². The topological polar surface area (TPSA) is 67.6 Å². The molecule has 0 radical (unpaired) electrons. The van der Waals surface area contributed by atoms with E-state index in [1.54, 1.807) is 7.11 Å². The van der Waals surface area contributed by atoms with Gasteiger partial charge in [0.15, 0.2) is 0 Å². The molecule has 3 unspecified atom stereocenters. The second-order valence-corrected chi connectivity index (χ2v) is 6.75. The predicted molar refractivity (Wildman–Crippen MR) is 111 cm³/mol. The maximum atomic E-state index is 12.3. The molecule has 3 N–H and O–H groups in total. The van der Waals surface area contributed by atoms with Gasteiger partial charge < -0.3 is 15.8 Å². The van der Waals surface area contributed by atoms with E-state index < -0.39 is 0 Å². The molecule has 1 fully saturated rings. The van der Waals surface area contributed by atoms with Crippen molar-refractivity contribution >= 4 is 30.7 Å². The highest BCUT2D eigenvalue weighted by molar-refractivity contribution is 5.85. The molecule has 0 aromatic heterocycles. The second kappa shape index (κ2) is 12.4. The van der Waals surface area contributed by atoms with Gasteiger partial charge in [0.2, 0.25) is 5.91 Å². The molecule has 0 bridgehead atoms. The van der Waals surface area contributed by atoms with Gasteiger partial charge in [0.1, 0.15) is 5.75 Å². The highest BCUT2D eigenvalue weighted by atomic mass is 35.5. The molecule has 7 heteroatoms. The third-order valence-corrected chi connectivity index (χ3v) is 5.00. The highest BCUT2D eigenvalue weighted by Crippen LogP contribution is 2.30. The summed E-state index contributed by atoms with van der Waals surface area (Å²) in [6.07, 6.45) is 3.69.